The lowest BCUT2D eigenvalue weighted by Gasteiger charge is -2.40. The first-order valence-corrected chi connectivity index (χ1v) is 10.0. The van der Waals surface area contributed by atoms with Crippen LogP contribution >= 0.6 is 0 Å². The van der Waals surface area contributed by atoms with Crippen molar-refractivity contribution in [3.63, 3.8) is 0 Å². The first kappa shape index (κ1) is 18.6. The minimum atomic E-state index is -0.363. The predicted molar refractivity (Wildman–Crippen MR) is 111 cm³/mol. The zero-order valence-corrected chi connectivity index (χ0v) is 16.9. The lowest BCUT2D eigenvalue weighted by Crippen LogP contribution is -2.48. The van der Waals surface area contributed by atoms with Gasteiger partial charge in [-0.3, -0.25) is 4.79 Å². The summed E-state index contributed by atoms with van der Waals surface area (Å²) in [5.41, 5.74) is 3.16. The van der Waals surface area contributed by atoms with E-state index in [1.54, 1.807) is 19.2 Å². The molecule has 0 radical (unpaired) electrons. The fraction of sp³-hybridized carbons (Fsp3) is 0.348. The van der Waals surface area contributed by atoms with E-state index in [2.05, 4.69) is 16.0 Å². The van der Waals surface area contributed by atoms with E-state index < -0.39 is 0 Å². The highest BCUT2D eigenvalue weighted by Crippen LogP contribution is 2.42. The molecule has 1 aromatic carbocycles. The molecule has 0 aliphatic carbocycles. The van der Waals surface area contributed by atoms with Gasteiger partial charge in [-0.2, -0.15) is 5.26 Å². The molecule has 0 atom stereocenters. The molecule has 7 heteroatoms. The molecule has 0 bridgehead atoms. The van der Waals surface area contributed by atoms with E-state index in [0.29, 0.717) is 36.2 Å². The zero-order chi connectivity index (χ0) is 21.0. The average Bonchev–Trinajstić information content (AvgIpc) is 3.08. The third kappa shape index (κ3) is 2.75. The number of nitrogens with zero attached hydrogens (tertiary/aromatic N) is 4. The summed E-state index contributed by atoms with van der Waals surface area (Å²) in [6.45, 7) is 3.15. The molecule has 2 aromatic heterocycles. The Morgan fingerprint density at radius 3 is 2.73 bits per heavy atom. The number of pyridine rings is 2. The summed E-state index contributed by atoms with van der Waals surface area (Å²) < 4.78 is 21.3. The van der Waals surface area contributed by atoms with Crippen LogP contribution < -0.4 is 15.2 Å². The summed E-state index contributed by atoms with van der Waals surface area (Å²) in [6, 6.07) is 10.5. The molecular formula is C23H21FN4O2. The van der Waals surface area contributed by atoms with Gasteiger partial charge in [0.25, 0.3) is 5.56 Å². The molecule has 1 saturated heterocycles. The maximum absolute atomic E-state index is 13.6. The highest BCUT2D eigenvalue weighted by molar-refractivity contribution is 5.91. The number of hydrogen-bond acceptors (Lipinski definition) is 5. The van der Waals surface area contributed by atoms with Gasteiger partial charge in [-0.1, -0.05) is 0 Å². The molecule has 0 saturated carbocycles. The second kappa shape index (κ2) is 6.56. The van der Waals surface area contributed by atoms with E-state index in [1.165, 1.54) is 10.6 Å². The summed E-state index contributed by atoms with van der Waals surface area (Å²) >= 11 is 0. The zero-order valence-electron chi connectivity index (χ0n) is 16.9. The van der Waals surface area contributed by atoms with E-state index in [1.807, 2.05) is 19.1 Å². The quantitative estimate of drug-likeness (QED) is 0.623. The van der Waals surface area contributed by atoms with Crippen molar-refractivity contribution in [3.05, 3.63) is 63.3 Å². The molecule has 152 valence electrons. The van der Waals surface area contributed by atoms with E-state index >= 15 is 0 Å². The first-order chi connectivity index (χ1) is 14.4. The van der Waals surface area contributed by atoms with Crippen LogP contribution in [0.25, 0.3) is 11.0 Å². The van der Waals surface area contributed by atoms with Crippen LogP contribution in [0.5, 0.6) is 5.75 Å². The summed E-state index contributed by atoms with van der Waals surface area (Å²) in [4.78, 5) is 19.6. The molecule has 30 heavy (non-hydrogen) atoms. The van der Waals surface area contributed by atoms with Gasteiger partial charge in [-0.05, 0) is 37.3 Å². The molecule has 3 aromatic rings. The minimum absolute atomic E-state index is 0.122. The van der Waals surface area contributed by atoms with E-state index in [-0.39, 0.29) is 22.5 Å². The number of hydrogen-bond donors (Lipinski definition) is 0. The van der Waals surface area contributed by atoms with Crippen LogP contribution in [0.1, 0.15) is 29.7 Å². The SMILES string of the molecule is Cc1ccc2c(n1)c(N1CCC3(CC1)Cc1cc(F)ccc1O3)c(C#N)c(=O)n2C. The fourth-order valence-corrected chi connectivity index (χ4v) is 4.72. The number of halogens is 1. The van der Waals surface area contributed by atoms with Gasteiger partial charge in [0.1, 0.15) is 34.3 Å². The van der Waals surface area contributed by atoms with Crippen molar-refractivity contribution < 1.29 is 9.13 Å². The number of aromatic nitrogens is 2. The van der Waals surface area contributed by atoms with E-state index in [0.717, 1.165) is 29.8 Å². The van der Waals surface area contributed by atoms with Crippen LogP contribution in [0.4, 0.5) is 10.1 Å². The Labute approximate surface area is 173 Å². The number of rotatable bonds is 1. The standard InChI is InChI=1S/C23H21FN4O2/c1-14-3-5-18-20(26-14)21(17(13-25)22(29)27(18)2)28-9-7-23(8-10-28)12-15-11-16(24)4-6-19(15)30-23/h3-6,11H,7-10,12H2,1-2H3. The Morgan fingerprint density at radius 1 is 1.23 bits per heavy atom. The van der Waals surface area contributed by atoms with E-state index in [4.69, 9.17) is 4.74 Å². The molecular weight excluding hydrogens is 383 g/mol. The summed E-state index contributed by atoms with van der Waals surface area (Å²) in [7, 11) is 1.67. The summed E-state index contributed by atoms with van der Waals surface area (Å²) in [5, 5.41) is 9.75. The van der Waals surface area contributed by atoms with Crippen LogP contribution in [-0.2, 0) is 13.5 Å². The molecule has 0 N–H and O–H groups in total. The largest absolute Gasteiger partial charge is 0.487 e. The van der Waals surface area contributed by atoms with Crippen molar-refractivity contribution in [3.8, 4) is 11.8 Å². The van der Waals surface area contributed by atoms with Gasteiger partial charge in [0.15, 0.2) is 0 Å². The van der Waals surface area contributed by atoms with Crippen molar-refractivity contribution in [2.75, 3.05) is 18.0 Å². The lowest BCUT2D eigenvalue weighted by atomic mass is 9.86. The second-order valence-corrected chi connectivity index (χ2v) is 8.22. The third-order valence-corrected chi connectivity index (χ3v) is 6.32. The highest BCUT2D eigenvalue weighted by atomic mass is 19.1. The molecule has 0 amide bonds. The Balaban J connectivity index is 1.52. The Hall–Kier alpha value is -3.40. The summed E-state index contributed by atoms with van der Waals surface area (Å²) in [5.74, 6) is 0.498. The first-order valence-electron chi connectivity index (χ1n) is 10.0. The molecule has 1 fully saturated rings. The van der Waals surface area contributed by atoms with Gasteiger partial charge in [-0.25, -0.2) is 9.37 Å². The highest BCUT2D eigenvalue weighted by Gasteiger charge is 2.43. The molecule has 5 rings (SSSR count). The second-order valence-electron chi connectivity index (χ2n) is 8.22. The number of fused-ring (bicyclic) bond motifs is 2. The maximum Gasteiger partial charge on any atom is 0.270 e. The van der Waals surface area contributed by atoms with Gasteiger partial charge in [0.05, 0.1) is 11.2 Å². The molecule has 4 heterocycles. The van der Waals surface area contributed by atoms with Gasteiger partial charge in [0.2, 0.25) is 0 Å². The van der Waals surface area contributed by atoms with Crippen LogP contribution in [0, 0.1) is 24.1 Å². The molecule has 2 aliphatic rings. The van der Waals surface area contributed by atoms with E-state index in [9.17, 15) is 14.4 Å². The van der Waals surface area contributed by atoms with Crippen molar-refractivity contribution in [2.45, 2.75) is 31.8 Å². The number of ether oxygens (including phenoxy) is 1. The van der Waals surface area contributed by atoms with Crippen LogP contribution in [-0.4, -0.2) is 28.2 Å². The number of piperidine rings is 1. The van der Waals surface area contributed by atoms with Crippen molar-refractivity contribution >= 4 is 16.7 Å². The Kier molecular flexibility index (Phi) is 4.07. The number of anilines is 1. The molecule has 2 aliphatic heterocycles. The summed E-state index contributed by atoms with van der Waals surface area (Å²) in [6.07, 6.45) is 2.11. The smallest absolute Gasteiger partial charge is 0.270 e. The van der Waals surface area contributed by atoms with Crippen LogP contribution in [0.15, 0.2) is 35.1 Å². The third-order valence-electron chi connectivity index (χ3n) is 6.32. The van der Waals surface area contributed by atoms with Crippen LogP contribution in [0.3, 0.4) is 0 Å². The van der Waals surface area contributed by atoms with Gasteiger partial charge in [0, 0.05) is 50.7 Å². The van der Waals surface area contributed by atoms with Gasteiger partial charge >= 0.3 is 0 Å². The fourth-order valence-electron chi connectivity index (χ4n) is 4.72. The molecule has 0 unspecified atom stereocenters. The molecule has 1 spiro atoms. The molecule has 6 nitrogen and oxygen atoms in total. The number of benzene rings is 1. The Morgan fingerprint density at radius 2 is 2.00 bits per heavy atom. The maximum atomic E-state index is 13.6. The predicted octanol–water partition coefficient (Wildman–Crippen LogP) is 3.23. The number of nitriles is 1. The van der Waals surface area contributed by atoms with Crippen molar-refractivity contribution in [2.24, 2.45) is 7.05 Å². The van der Waals surface area contributed by atoms with Crippen molar-refractivity contribution in [1.82, 2.24) is 9.55 Å². The number of aryl methyl sites for hydroxylation is 2. The normalized spacial score (nSPS) is 17.1. The average molecular weight is 404 g/mol. The lowest BCUT2D eigenvalue weighted by molar-refractivity contribution is 0.0668. The van der Waals surface area contributed by atoms with Gasteiger partial charge in [-0.15, -0.1) is 0 Å². The van der Waals surface area contributed by atoms with Gasteiger partial charge < -0.3 is 14.2 Å². The van der Waals surface area contributed by atoms with Crippen molar-refractivity contribution in [1.29, 1.82) is 5.26 Å². The monoisotopic (exact) mass is 404 g/mol. The minimum Gasteiger partial charge on any atom is -0.487 e. The Bertz CT molecular complexity index is 1280. The van der Waals surface area contributed by atoms with Crippen LogP contribution in [0.2, 0.25) is 0 Å². The topological polar surface area (TPSA) is 71.2 Å².